The van der Waals surface area contributed by atoms with Crippen molar-refractivity contribution in [3.8, 4) is 11.8 Å². The molecule has 6 atom stereocenters. The van der Waals surface area contributed by atoms with Crippen molar-refractivity contribution in [1.29, 1.82) is 0 Å². The minimum atomic E-state index is -4.69. The molecule has 44 heavy (non-hydrogen) atoms. The fourth-order valence-electron chi connectivity index (χ4n) is 9.60. The summed E-state index contributed by atoms with van der Waals surface area (Å²) >= 11 is 0. The average Bonchev–Trinajstić information content (AvgIpc) is 3.32. The molecule has 4 aliphatic carbocycles. The smallest absolute Gasteiger partial charge is 0.411 e. The average molecular weight is 609 g/mol. The maximum atomic E-state index is 13.9. The molecule has 6 rings (SSSR count). The summed E-state index contributed by atoms with van der Waals surface area (Å²) in [6.45, 7) is 6.06. The molecule has 8 heteroatoms. The van der Waals surface area contributed by atoms with E-state index in [-0.39, 0.29) is 36.1 Å². The molecular weight excluding hydrogens is 565 g/mol. The highest BCUT2D eigenvalue weighted by Gasteiger charge is 2.66. The van der Waals surface area contributed by atoms with E-state index in [1.54, 1.807) is 5.92 Å². The molecule has 5 aliphatic rings. The quantitative estimate of drug-likeness (QED) is 0.210. The molecule has 3 fully saturated rings. The number of anilines is 1. The fraction of sp³-hybridized carbons (Fsp3) is 0.611. The van der Waals surface area contributed by atoms with Crippen molar-refractivity contribution in [3.05, 3.63) is 52.6 Å². The van der Waals surface area contributed by atoms with E-state index in [0.29, 0.717) is 31.4 Å². The maximum absolute atomic E-state index is 13.9. The number of hydrogen-bond donors (Lipinski definition) is 1. The first-order chi connectivity index (χ1) is 21.0. The standard InChI is InChI=1S/C36H43F3N2O3/c1-23-19-29-31-13-14-35(32(42)22-44-3,15-16-36(37,38)39)34(31,2)21-30(33(29)27-12-9-25(40-43)20-28(23)27)24-7-10-26(11-8-24)41-17-5-4-6-18-41/h7-8,10-11,20,23,29-31,43H,4-6,9,12-14,17-19,21-22H2,1-3H3/t23?,29-,30+,31-,34-,35-/m0/s1. The van der Waals surface area contributed by atoms with Crippen molar-refractivity contribution in [3.63, 3.8) is 0 Å². The Morgan fingerprint density at radius 2 is 1.89 bits per heavy atom. The molecule has 0 bridgehead atoms. The highest BCUT2D eigenvalue weighted by atomic mass is 19.4. The van der Waals surface area contributed by atoms with E-state index in [1.165, 1.54) is 48.8 Å². The van der Waals surface area contributed by atoms with Crippen LogP contribution in [-0.2, 0) is 9.53 Å². The fourth-order valence-corrected chi connectivity index (χ4v) is 9.60. The van der Waals surface area contributed by atoms with E-state index < -0.39 is 17.0 Å². The number of hydrogen-bond acceptors (Lipinski definition) is 5. The zero-order valence-corrected chi connectivity index (χ0v) is 26.0. The van der Waals surface area contributed by atoms with Crippen LogP contribution in [0.1, 0.15) is 83.1 Å². The van der Waals surface area contributed by atoms with Crippen molar-refractivity contribution < 1.29 is 27.9 Å². The number of ketones is 1. The monoisotopic (exact) mass is 608 g/mol. The molecule has 1 aromatic carbocycles. The normalized spacial score (nSPS) is 34.5. The summed E-state index contributed by atoms with van der Waals surface area (Å²) in [5, 5.41) is 13.1. The lowest BCUT2D eigenvalue weighted by Gasteiger charge is -2.55. The Bertz CT molecular complexity index is 1440. The van der Waals surface area contributed by atoms with Gasteiger partial charge in [-0.15, -0.1) is 0 Å². The number of halogens is 3. The topological polar surface area (TPSA) is 62.1 Å². The molecule has 0 radical (unpaired) electrons. The Labute approximate surface area is 258 Å². The number of fused-ring (bicyclic) bond motifs is 4. The summed E-state index contributed by atoms with van der Waals surface area (Å²) in [6, 6.07) is 8.78. The summed E-state index contributed by atoms with van der Waals surface area (Å²) in [7, 11) is 1.41. The molecule has 5 nitrogen and oxygen atoms in total. The van der Waals surface area contributed by atoms with Crippen molar-refractivity contribution in [2.75, 3.05) is 31.7 Å². The van der Waals surface area contributed by atoms with Crippen LogP contribution >= 0.6 is 0 Å². The third-order valence-electron chi connectivity index (χ3n) is 11.6. The van der Waals surface area contributed by atoms with E-state index in [1.807, 2.05) is 13.0 Å². The number of Topliss-reactive ketones (excluding diaryl/α,β-unsaturated/α-hetero) is 1. The Morgan fingerprint density at radius 3 is 2.55 bits per heavy atom. The van der Waals surface area contributed by atoms with Crippen molar-refractivity contribution >= 4 is 17.2 Å². The molecule has 1 unspecified atom stereocenters. The maximum Gasteiger partial charge on any atom is 0.457 e. The van der Waals surface area contributed by atoms with Gasteiger partial charge in [-0.05, 0) is 116 Å². The van der Waals surface area contributed by atoms with Gasteiger partial charge in [-0.2, -0.15) is 13.2 Å². The highest BCUT2D eigenvalue weighted by molar-refractivity contribution is 5.97. The van der Waals surface area contributed by atoms with E-state index in [0.717, 1.165) is 31.5 Å². The van der Waals surface area contributed by atoms with Crippen molar-refractivity contribution in [2.24, 2.45) is 33.7 Å². The van der Waals surface area contributed by atoms with Gasteiger partial charge in [0.25, 0.3) is 0 Å². The molecule has 1 aromatic rings. The van der Waals surface area contributed by atoms with E-state index in [2.05, 4.69) is 47.2 Å². The molecule has 0 aromatic heterocycles. The summed E-state index contributed by atoms with van der Waals surface area (Å²) in [5.74, 6) is 4.07. The Kier molecular flexibility index (Phi) is 8.24. The van der Waals surface area contributed by atoms with Gasteiger partial charge in [0.05, 0.1) is 11.1 Å². The molecule has 2 saturated carbocycles. The Balaban J connectivity index is 1.51. The number of rotatable bonds is 5. The highest BCUT2D eigenvalue weighted by Crippen LogP contribution is 2.70. The number of benzene rings is 1. The van der Waals surface area contributed by atoms with Gasteiger partial charge in [0, 0.05) is 37.7 Å². The van der Waals surface area contributed by atoms with Crippen LogP contribution in [0.25, 0.3) is 0 Å². The predicted molar refractivity (Wildman–Crippen MR) is 165 cm³/mol. The molecular formula is C36H43F3N2O3. The summed E-state index contributed by atoms with van der Waals surface area (Å²) in [5.41, 5.74) is 4.72. The van der Waals surface area contributed by atoms with Crippen LogP contribution in [0.2, 0.25) is 0 Å². The van der Waals surface area contributed by atoms with Crippen LogP contribution in [0, 0.1) is 40.4 Å². The molecule has 1 aliphatic heterocycles. The molecule has 236 valence electrons. The second-order valence-electron chi connectivity index (χ2n) is 13.8. The van der Waals surface area contributed by atoms with Gasteiger partial charge < -0.3 is 14.8 Å². The largest absolute Gasteiger partial charge is 0.457 e. The van der Waals surface area contributed by atoms with Gasteiger partial charge in [0.15, 0.2) is 5.78 Å². The second kappa shape index (κ2) is 11.7. The van der Waals surface area contributed by atoms with E-state index in [9.17, 15) is 23.2 Å². The van der Waals surface area contributed by atoms with Crippen molar-refractivity contribution in [1.82, 2.24) is 0 Å². The Hall–Kier alpha value is -3.05. The SMILES string of the molecule is COCC(=O)[C@@]1(C#CC(F)(F)F)CC[C@H]2[C@@H]3CC(C)C4=CC(=NO)CCC4=C3[C@@H](c3ccc(N4CCCCC4)cc3)C[C@@]21C. The predicted octanol–water partition coefficient (Wildman–Crippen LogP) is 7.85. The number of allylic oxidation sites excluding steroid dienone is 4. The van der Waals surface area contributed by atoms with Gasteiger partial charge in [0.1, 0.15) is 6.61 Å². The number of oxime groups is 1. The first kappa shape index (κ1) is 31.0. The molecule has 0 spiro atoms. The third kappa shape index (κ3) is 5.19. The number of alkyl halides is 3. The van der Waals surface area contributed by atoms with Gasteiger partial charge in [0.2, 0.25) is 0 Å². The van der Waals surface area contributed by atoms with Crippen LogP contribution in [0.5, 0.6) is 0 Å². The lowest BCUT2D eigenvalue weighted by molar-refractivity contribution is -0.136. The minimum absolute atomic E-state index is 0.0223. The molecule has 1 heterocycles. The second-order valence-corrected chi connectivity index (χ2v) is 13.8. The first-order valence-electron chi connectivity index (χ1n) is 16.2. The van der Waals surface area contributed by atoms with Crippen LogP contribution < -0.4 is 4.90 Å². The summed E-state index contributed by atoms with van der Waals surface area (Å²) < 4.78 is 46.1. The summed E-state index contributed by atoms with van der Waals surface area (Å²) in [6.07, 6.45) is 4.73. The van der Waals surface area contributed by atoms with Crippen LogP contribution in [0.3, 0.4) is 0 Å². The lowest BCUT2D eigenvalue weighted by atomic mass is 9.47. The number of methoxy groups -OCH3 is 1. The minimum Gasteiger partial charge on any atom is -0.411 e. The van der Waals surface area contributed by atoms with Crippen LogP contribution in [0.4, 0.5) is 18.9 Å². The zero-order valence-electron chi connectivity index (χ0n) is 26.0. The first-order valence-corrected chi connectivity index (χ1v) is 16.2. The molecule has 1 saturated heterocycles. The number of ether oxygens (including phenoxy) is 1. The van der Waals surface area contributed by atoms with Gasteiger partial charge >= 0.3 is 6.18 Å². The Morgan fingerprint density at radius 1 is 1.16 bits per heavy atom. The number of nitrogens with zero attached hydrogens (tertiary/aromatic N) is 2. The zero-order chi connectivity index (χ0) is 31.3. The number of carbonyl (C=O) groups excluding carboxylic acids is 1. The lowest BCUT2D eigenvalue weighted by Crippen LogP contribution is -2.52. The van der Waals surface area contributed by atoms with E-state index >= 15 is 0 Å². The van der Waals surface area contributed by atoms with Gasteiger partial charge in [-0.25, -0.2) is 0 Å². The molecule has 0 amide bonds. The number of carbonyl (C=O) groups is 1. The third-order valence-corrected chi connectivity index (χ3v) is 11.6. The van der Waals surface area contributed by atoms with Crippen LogP contribution in [0.15, 0.2) is 52.2 Å². The molecule has 1 N–H and O–H groups in total. The number of piperidine rings is 1. The van der Waals surface area contributed by atoms with Gasteiger partial charge in [-0.3, -0.25) is 4.79 Å². The summed E-state index contributed by atoms with van der Waals surface area (Å²) in [4.78, 5) is 16.3. The van der Waals surface area contributed by atoms with Gasteiger partial charge in [-0.1, -0.05) is 42.6 Å². The van der Waals surface area contributed by atoms with Crippen LogP contribution in [-0.4, -0.2) is 49.7 Å². The van der Waals surface area contributed by atoms with E-state index in [4.69, 9.17) is 4.74 Å². The van der Waals surface area contributed by atoms with Crippen molar-refractivity contribution in [2.45, 2.75) is 83.7 Å².